The molecule has 2 fully saturated rings. The number of thioether (sulfide) groups is 1. The highest BCUT2D eigenvalue weighted by atomic mass is 32.2. The van der Waals surface area contributed by atoms with Gasteiger partial charge in [0.2, 0.25) is 0 Å². The summed E-state index contributed by atoms with van der Waals surface area (Å²) in [6, 6.07) is 18.0. The van der Waals surface area contributed by atoms with E-state index in [9.17, 15) is 4.79 Å². The van der Waals surface area contributed by atoms with Gasteiger partial charge < -0.3 is 4.90 Å². The number of hydrogen-bond acceptors (Lipinski definition) is 4. The van der Waals surface area contributed by atoms with E-state index in [0.717, 1.165) is 24.3 Å². The monoisotopic (exact) mass is 366 g/mol. The molecule has 0 atom stereocenters. The van der Waals surface area contributed by atoms with Crippen LogP contribution in [-0.4, -0.2) is 23.3 Å². The lowest BCUT2D eigenvalue weighted by Gasteiger charge is -2.17. The largest absolute Gasteiger partial charge is 0.372 e. The lowest BCUT2D eigenvalue weighted by atomic mass is 10.1. The lowest BCUT2D eigenvalue weighted by molar-refractivity contribution is -0.113. The predicted octanol–water partition coefficient (Wildman–Crippen LogP) is 4.69. The standard InChI is InChI=1S/C20H18N2OS2/c23-19-18(25-20(24)22(19)17-6-2-1-3-7-17)14-15-8-10-16(11-9-15)21-12-4-5-13-21/h1-3,6-11,14H,4-5,12-13H2/b18-14-. The fraction of sp³-hybridized carbons (Fsp3) is 0.200. The van der Waals surface area contributed by atoms with Crippen LogP contribution in [0.25, 0.3) is 6.08 Å². The van der Waals surface area contributed by atoms with E-state index in [4.69, 9.17) is 12.2 Å². The number of anilines is 2. The number of amides is 1. The molecule has 126 valence electrons. The van der Waals surface area contributed by atoms with E-state index in [1.807, 2.05) is 36.4 Å². The maximum atomic E-state index is 12.7. The van der Waals surface area contributed by atoms with Crippen molar-refractivity contribution in [3.63, 3.8) is 0 Å². The highest BCUT2D eigenvalue weighted by Gasteiger charge is 2.33. The first-order valence-corrected chi connectivity index (χ1v) is 9.63. The van der Waals surface area contributed by atoms with Gasteiger partial charge in [0.25, 0.3) is 5.91 Å². The van der Waals surface area contributed by atoms with E-state index in [-0.39, 0.29) is 5.91 Å². The van der Waals surface area contributed by atoms with E-state index < -0.39 is 0 Å². The fourth-order valence-corrected chi connectivity index (χ4v) is 4.47. The van der Waals surface area contributed by atoms with E-state index in [1.165, 1.54) is 30.3 Å². The number of para-hydroxylation sites is 1. The Morgan fingerprint density at radius 1 is 0.920 bits per heavy atom. The third-order valence-corrected chi connectivity index (χ3v) is 5.77. The van der Waals surface area contributed by atoms with Crippen molar-refractivity contribution < 1.29 is 4.79 Å². The second kappa shape index (κ2) is 7.02. The molecule has 2 aromatic carbocycles. The third-order valence-electron chi connectivity index (χ3n) is 4.47. The summed E-state index contributed by atoms with van der Waals surface area (Å²) in [5.74, 6) is -0.0511. The summed E-state index contributed by atoms with van der Waals surface area (Å²) in [5.41, 5.74) is 3.10. The molecule has 2 saturated heterocycles. The van der Waals surface area contributed by atoms with Gasteiger partial charge in [-0.25, -0.2) is 0 Å². The van der Waals surface area contributed by atoms with Gasteiger partial charge in [-0.15, -0.1) is 0 Å². The van der Waals surface area contributed by atoms with Crippen molar-refractivity contribution in [1.29, 1.82) is 0 Å². The van der Waals surface area contributed by atoms with Crippen molar-refractivity contribution >= 4 is 51.7 Å². The summed E-state index contributed by atoms with van der Waals surface area (Å²) >= 11 is 6.77. The smallest absolute Gasteiger partial charge is 0.270 e. The van der Waals surface area contributed by atoms with Crippen LogP contribution in [0.5, 0.6) is 0 Å². The molecular formula is C20H18N2OS2. The van der Waals surface area contributed by atoms with Crippen molar-refractivity contribution in [1.82, 2.24) is 0 Å². The first kappa shape index (κ1) is 16.4. The summed E-state index contributed by atoms with van der Waals surface area (Å²) in [6.45, 7) is 2.27. The SMILES string of the molecule is O=C1/C(=C/c2ccc(N3CCCC3)cc2)SC(=S)N1c1ccccc1. The number of rotatable bonds is 3. The molecule has 3 nitrogen and oxygen atoms in total. The quantitative estimate of drug-likeness (QED) is 0.581. The average Bonchev–Trinajstić information content (AvgIpc) is 3.26. The van der Waals surface area contributed by atoms with Crippen LogP contribution in [0.4, 0.5) is 11.4 Å². The molecule has 0 aromatic heterocycles. The van der Waals surface area contributed by atoms with E-state index in [1.54, 1.807) is 4.90 Å². The van der Waals surface area contributed by atoms with E-state index >= 15 is 0 Å². The summed E-state index contributed by atoms with van der Waals surface area (Å²) in [4.78, 5) is 17.4. The van der Waals surface area contributed by atoms with E-state index in [2.05, 4.69) is 29.2 Å². The van der Waals surface area contributed by atoms with Crippen LogP contribution < -0.4 is 9.80 Å². The molecule has 25 heavy (non-hydrogen) atoms. The molecule has 0 unspecified atom stereocenters. The Morgan fingerprint density at radius 2 is 1.60 bits per heavy atom. The Bertz CT molecular complexity index is 825. The molecule has 2 heterocycles. The van der Waals surface area contributed by atoms with Crippen LogP contribution in [0.2, 0.25) is 0 Å². The maximum absolute atomic E-state index is 12.7. The number of carbonyl (C=O) groups excluding carboxylic acids is 1. The molecule has 0 radical (unpaired) electrons. The van der Waals surface area contributed by atoms with Crippen LogP contribution in [-0.2, 0) is 4.79 Å². The van der Waals surface area contributed by atoms with Crippen molar-refractivity contribution in [2.24, 2.45) is 0 Å². The first-order chi connectivity index (χ1) is 12.2. The molecule has 0 N–H and O–H groups in total. The van der Waals surface area contributed by atoms with Gasteiger partial charge in [-0.2, -0.15) is 0 Å². The minimum absolute atomic E-state index is 0.0511. The third kappa shape index (κ3) is 3.34. The van der Waals surface area contributed by atoms with Crippen LogP contribution in [0.1, 0.15) is 18.4 Å². The van der Waals surface area contributed by atoms with Gasteiger partial charge in [0.1, 0.15) is 0 Å². The molecule has 0 saturated carbocycles. The van der Waals surface area contributed by atoms with Crippen LogP contribution in [0.15, 0.2) is 59.5 Å². The zero-order valence-corrected chi connectivity index (χ0v) is 15.4. The van der Waals surface area contributed by atoms with E-state index in [0.29, 0.717) is 9.23 Å². The lowest BCUT2D eigenvalue weighted by Crippen LogP contribution is -2.27. The van der Waals surface area contributed by atoms with Gasteiger partial charge in [0, 0.05) is 18.8 Å². The Hall–Kier alpha value is -2.11. The van der Waals surface area contributed by atoms with Gasteiger partial charge in [0.15, 0.2) is 4.32 Å². The van der Waals surface area contributed by atoms with Crippen molar-refractivity contribution in [2.75, 3.05) is 22.9 Å². The summed E-state index contributed by atoms with van der Waals surface area (Å²) in [5, 5.41) is 0. The summed E-state index contributed by atoms with van der Waals surface area (Å²) in [6.07, 6.45) is 4.46. The molecule has 2 aromatic rings. The Labute approximate surface area is 157 Å². The maximum Gasteiger partial charge on any atom is 0.270 e. The second-order valence-corrected chi connectivity index (χ2v) is 7.81. The second-order valence-electron chi connectivity index (χ2n) is 6.14. The average molecular weight is 367 g/mol. The molecule has 4 rings (SSSR count). The fourth-order valence-electron chi connectivity index (χ4n) is 3.18. The highest BCUT2D eigenvalue weighted by molar-refractivity contribution is 8.27. The van der Waals surface area contributed by atoms with Gasteiger partial charge in [-0.05, 0) is 48.7 Å². The molecule has 2 aliphatic heterocycles. The first-order valence-electron chi connectivity index (χ1n) is 8.40. The highest BCUT2D eigenvalue weighted by Crippen LogP contribution is 2.36. The molecule has 0 spiro atoms. The van der Waals surface area contributed by atoms with Crippen molar-refractivity contribution in [3.05, 3.63) is 65.1 Å². The zero-order valence-electron chi connectivity index (χ0n) is 13.7. The molecule has 0 aliphatic carbocycles. The Balaban J connectivity index is 1.55. The van der Waals surface area contributed by atoms with Crippen LogP contribution in [0.3, 0.4) is 0 Å². The minimum atomic E-state index is -0.0511. The van der Waals surface area contributed by atoms with Crippen LogP contribution >= 0.6 is 24.0 Å². The Kier molecular flexibility index (Phi) is 4.59. The molecule has 2 aliphatic rings. The molecular weight excluding hydrogens is 348 g/mol. The van der Waals surface area contributed by atoms with Gasteiger partial charge in [-0.3, -0.25) is 9.69 Å². The number of carbonyl (C=O) groups is 1. The van der Waals surface area contributed by atoms with Crippen molar-refractivity contribution in [3.8, 4) is 0 Å². The van der Waals surface area contributed by atoms with Gasteiger partial charge in [0.05, 0.1) is 10.6 Å². The Morgan fingerprint density at radius 3 is 2.28 bits per heavy atom. The number of hydrogen-bond donors (Lipinski definition) is 0. The normalized spacial score (nSPS) is 19.3. The molecule has 0 bridgehead atoms. The number of thiocarbonyl (C=S) groups is 1. The topological polar surface area (TPSA) is 23.6 Å². The minimum Gasteiger partial charge on any atom is -0.372 e. The molecule has 5 heteroatoms. The summed E-state index contributed by atoms with van der Waals surface area (Å²) < 4.78 is 0.580. The van der Waals surface area contributed by atoms with Crippen LogP contribution in [0, 0.1) is 0 Å². The number of benzene rings is 2. The summed E-state index contributed by atoms with van der Waals surface area (Å²) in [7, 11) is 0. The molecule has 1 amide bonds. The van der Waals surface area contributed by atoms with Gasteiger partial charge >= 0.3 is 0 Å². The number of nitrogens with zero attached hydrogens (tertiary/aromatic N) is 2. The van der Waals surface area contributed by atoms with Gasteiger partial charge in [-0.1, -0.05) is 54.3 Å². The van der Waals surface area contributed by atoms with Crippen molar-refractivity contribution in [2.45, 2.75) is 12.8 Å². The zero-order chi connectivity index (χ0) is 17.2. The predicted molar refractivity (Wildman–Crippen MR) is 110 cm³/mol.